The summed E-state index contributed by atoms with van der Waals surface area (Å²) in [5.74, 6) is 0.728. The third-order valence-corrected chi connectivity index (χ3v) is 4.82. The summed E-state index contributed by atoms with van der Waals surface area (Å²) in [7, 11) is 0. The average molecular weight is 349 g/mol. The normalized spacial score (nSPS) is 16.6. The topological polar surface area (TPSA) is 6.48 Å². The fourth-order valence-corrected chi connectivity index (χ4v) is 3.36. The Morgan fingerprint density at radius 1 is 0.739 bits per heavy atom. The Hall–Kier alpha value is -1.06. The summed E-state index contributed by atoms with van der Waals surface area (Å²) >= 11 is 11.8. The fraction of sp³-hybridized carbons (Fsp3) is 0.368. The van der Waals surface area contributed by atoms with E-state index in [1.165, 1.54) is 16.7 Å². The number of alkyl halides is 1. The van der Waals surface area contributed by atoms with Crippen molar-refractivity contribution in [1.82, 2.24) is 9.80 Å². The molecule has 0 aliphatic carbocycles. The molecule has 2 aromatic carbocycles. The second kappa shape index (κ2) is 8.16. The number of hydrogen-bond acceptors (Lipinski definition) is 2. The molecule has 23 heavy (non-hydrogen) atoms. The maximum Gasteiger partial charge on any atom is 0.0406 e. The van der Waals surface area contributed by atoms with Crippen LogP contribution in [0, 0.1) is 0 Å². The summed E-state index contributed by atoms with van der Waals surface area (Å²) in [6.07, 6.45) is 0. The average Bonchev–Trinajstić information content (AvgIpc) is 2.58. The molecule has 1 fully saturated rings. The predicted molar refractivity (Wildman–Crippen MR) is 99.3 cm³/mol. The smallest absolute Gasteiger partial charge is 0.0406 e. The standard InChI is InChI=1S/C19H22Cl2N2/c20-9-10-22-11-13-23(14-12-22)15-16-1-3-17(4-2-16)18-5-7-19(21)8-6-18/h1-8H,9-15H2. The molecule has 2 aromatic rings. The zero-order valence-corrected chi connectivity index (χ0v) is 14.7. The van der Waals surface area contributed by atoms with Crippen LogP contribution >= 0.6 is 23.2 Å². The summed E-state index contributed by atoms with van der Waals surface area (Å²) in [6, 6.07) is 16.9. The number of piperazine rings is 1. The summed E-state index contributed by atoms with van der Waals surface area (Å²) < 4.78 is 0. The minimum atomic E-state index is 0.728. The van der Waals surface area contributed by atoms with Crippen LogP contribution in [0.3, 0.4) is 0 Å². The molecule has 1 aliphatic heterocycles. The molecule has 4 heteroatoms. The van der Waals surface area contributed by atoms with E-state index in [1.54, 1.807) is 0 Å². The van der Waals surface area contributed by atoms with E-state index in [0.29, 0.717) is 0 Å². The molecule has 122 valence electrons. The fourth-order valence-electron chi connectivity index (χ4n) is 2.99. The van der Waals surface area contributed by atoms with E-state index in [2.05, 4.69) is 46.2 Å². The van der Waals surface area contributed by atoms with Gasteiger partial charge in [-0.2, -0.15) is 0 Å². The van der Waals surface area contributed by atoms with Crippen LogP contribution in [0.4, 0.5) is 0 Å². The Balaban J connectivity index is 1.57. The zero-order valence-electron chi connectivity index (χ0n) is 13.2. The Labute approximate surface area is 148 Å². The van der Waals surface area contributed by atoms with Crippen LogP contribution in [0.5, 0.6) is 0 Å². The van der Waals surface area contributed by atoms with Crippen LogP contribution in [0.25, 0.3) is 11.1 Å². The van der Waals surface area contributed by atoms with E-state index >= 15 is 0 Å². The van der Waals surface area contributed by atoms with E-state index in [0.717, 1.165) is 50.2 Å². The SMILES string of the molecule is ClCCN1CCN(Cc2ccc(-c3ccc(Cl)cc3)cc2)CC1. The highest BCUT2D eigenvalue weighted by Crippen LogP contribution is 2.22. The van der Waals surface area contributed by atoms with E-state index in [-0.39, 0.29) is 0 Å². The molecule has 0 radical (unpaired) electrons. The minimum Gasteiger partial charge on any atom is -0.300 e. The highest BCUT2D eigenvalue weighted by molar-refractivity contribution is 6.30. The quantitative estimate of drug-likeness (QED) is 0.740. The highest BCUT2D eigenvalue weighted by Gasteiger charge is 2.16. The molecule has 0 N–H and O–H groups in total. The van der Waals surface area contributed by atoms with Gasteiger partial charge in [-0.1, -0.05) is 48.0 Å². The van der Waals surface area contributed by atoms with Crippen molar-refractivity contribution in [1.29, 1.82) is 0 Å². The van der Waals surface area contributed by atoms with E-state index in [4.69, 9.17) is 23.2 Å². The first-order valence-corrected chi connectivity index (χ1v) is 9.01. The van der Waals surface area contributed by atoms with Crippen molar-refractivity contribution < 1.29 is 0 Å². The van der Waals surface area contributed by atoms with E-state index in [9.17, 15) is 0 Å². The largest absolute Gasteiger partial charge is 0.300 e. The molecule has 0 unspecified atom stereocenters. The lowest BCUT2D eigenvalue weighted by atomic mass is 10.0. The lowest BCUT2D eigenvalue weighted by molar-refractivity contribution is 0.132. The van der Waals surface area contributed by atoms with Gasteiger partial charge in [0.2, 0.25) is 0 Å². The van der Waals surface area contributed by atoms with Crippen LogP contribution < -0.4 is 0 Å². The third-order valence-electron chi connectivity index (χ3n) is 4.40. The second-order valence-corrected chi connectivity index (χ2v) is 6.82. The van der Waals surface area contributed by atoms with Crippen molar-refractivity contribution in [2.24, 2.45) is 0 Å². The van der Waals surface area contributed by atoms with Gasteiger partial charge in [0.1, 0.15) is 0 Å². The zero-order chi connectivity index (χ0) is 16.1. The Bertz CT molecular complexity index is 602. The van der Waals surface area contributed by atoms with Crippen LogP contribution in [0.2, 0.25) is 5.02 Å². The van der Waals surface area contributed by atoms with E-state index < -0.39 is 0 Å². The van der Waals surface area contributed by atoms with Crippen molar-refractivity contribution >= 4 is 23.2 Å². The third kappa shape index (κ3) is 4.71. The van der Waals surface area contributed by atoms with Crippen LogP contribution in [0.1, 0.15) is 5.56 Å². The minimum absolute atomic E-state index is 0.728. The van der Waals surface area contributed by atoms with Crippen molar-refractivity contribution in [2.75, 3.05) is 38.6 Å². The Morgan fingerprint density at radius 2 is 1.26 bits per heavy atom. The van der Waals surface area contributed by atoms with Gasteiger partial charge < -0.3 is 0 Å². The summed E-state index contributed by atoms with van der Waals surface area (Å²) in [4.78, 5) is 4.95. The van der Waals surface area contributed by atoms with Crippen LogP contribution in [-0.2, 0) is 6.54 Å². The van der Waals surface area contributed by atoms with Crippen molar-refractivity contribution in [3.05, 3.63) is 59.1 Å². The number of rotatable bonds is 5. The van der Waals surface area contributed by atoms with Crippen molar-refractivity contribution in [3.8, 4) is 11.1 Å². The lowest BCUT2D eigenvalue weighted by Gasteiger charge is -2.34. The molecule has 3 rings (SSSR count). The molecule has 2 nitrogen and oxygen atoms in total. The maximum absolute atomic E-state index is 5.95. The maximum atomic E-state index is 5.95. The van der Waals surface area contributed by atoms with Gasteiger partial charge in [0, 0.05) is 50.2 Å². The van der Waals surface area contributed by atoms with Gasteiger partial charge >= 0.3 is 0 Å². The van der Waals surface area contributed by atoms with E-state index in [1.807, 2.05) is 12.1 Å². The molecule has 1 heterocycles. The molecule has 0 saturated carbocycles. The lowest BCUT2D eigenvalue weighted by Crippen LogP contribution is -2.46. The first-order chi connectivity index (χ1) is 11.2. The summed E-state index contributed by atoms with van der Waals surface area (Å²) in [5, 5.41) is 0.777. The Kier molecular flexibility index (Phi) is 5.96. The van der Waals surface area contributed by atoms with Crippen LogP contribution in [-0.4, -0.2) is 48.4 Å². The predicted octanol–water partition coefficient (Wildman–Crippen LogP) is 4.36. The summed E-state index contributed by atoms with van der Waals surface area (Å²) in [6.45, 7) is 6.51. The molecular weight excluding hydrogens is 327 g/mol. The van der Waals surface area contributed by atoms with Gasteiger partial charge in [-0.25, -0.2) is 0 Å². The number of benzene rings is 2. The van der Waals surface area contributed by atoms with Gasteiger partial charge in [-0.05, 0) is 28.8 Å². The highest BCUT2D eigenvalue weighted by atomic mass is 35.5. The monoisotopic (exact) mass is 348 g/mol. The molecule has 0 aromatic heterocycles. The van der Waals surface area contributed by atoms with Gasteiger partial charge in [0.25, 0.3) is 0 Å². The molecule has 1 saturated heterocycles. The number of halogens is 2. The molecule has 0 spiro atoms. The van der Waals surface area contributed by atoms with Crippen molar-refractivity contribution in [3.63, 3.8) is 0 Å². The van der Waals surface area contributed by atoms with Gasteiger partial charge in [-0.3, -0.25) is 9.80 Å². The second-order valence-electron chi connectivity index (χ2n) is 6.01. The first kappa shape index (κ1) is 16.8. The van der Waals surface area contributed by atoms with Gasteiger partial charge in [-0.15, -0.1) is 11.6 Å². The van der Waals surface area contributed by atoms with Crippen molar-refractivity contribution in [2.45, 2.75) is 6.54 Å². The van der Waals surface area contributed by atoms with Gasteiger partial charge in [0.15, 0.2) is 0 Å². The molecular formula is C19H22Cl2N2. The first-order valence-electron chi connectivity index (χ1n) is 8.10. The number of nitrogens with zero attached hydrogens (tertiary/aromatic N) is 2. The molecule has 1 aliphatic rings. The summed E-state index contributed by atoms with van der Waals surface area (Å²) in [5.41, 5.74) is 3.81. The molecule has 0 amide bonds. The Morgan fingerprint density at radius 3 is 1.83 bits per heavy atom. The molecule has 0 bridgehead atoms. The number of hydrogen-bond donors (Lipinski definition) is 0. The van der Waals surface area contributed by atoms with Crippen LogP contribution in [0.15, 0.2) is 48.5 Å². The van der Waals surface area contributed by atoms with Gasteiger partial charge in [0.05, 0.1) is 0 Å². The molecule has 0 atom stereocenters.